The average molecular weight is 509 g/mol. The molecule has 0 bridgehead atoms. The van der Waals surface area contributed by atoms with Crippen LogP contribution in [0.3, 0.4) is 0 Å². The van der Waals surface area contributed by atoms with Crippen molar-refractivity contribution in [1.29, 1.82) is 0 Å². The van der Waals surface area contributed by atoms with Crippen LogP contribution in [0.25, 0.3) is 0 Å². The van der Waals surface area contributed by atoms with Crippen LogP contribution in [0.15, 0.2) is 42.5 Å². The van der Waals surface area contributed by atoms with Crippen molar-refractivity contribution in [3.05, 3.63) is 70.5 Å². The first-order valence-electron chi connectivity index (χ1n) is 11.5. The fourth-order valence-corrected chi connectivity index (χ4v) is 4.64. The molecule has 198 valence electrons. The number of hydrogen-bond acceptors (Lipinski definition) is 6. The van der Waals surface area contributed by atoms with E-state index < -0.39 is 46.7 Å². The van der Waals surface area contributed by atoms with E-state index in [1.54, 1.807) is 25.1 Å². The van der Waals surface area contributed by atoms with Gasteiger partial charge >= 0.3 is 11.9 Å². The number of methoxy groups -OCH3 is 1. The zero-order chi connectivity index (χ0) is 27.0. The Hall–Kier alpha value is -2.89. The summed E-state index contributed by atoms with van der Waals surface area (Å²) >= 11 is 0. The number of carboxylic acid groups (broad SMARTS) is 2. The lowest BCUT2D eigenvalue weighted by molar-refractivity contribution is -0.996. The van der Waals surface area contributed by atoms with E-state index in [-0.39, 0.29) is 26.3 Å². The minimum absolute atomic E-state index is 0.0555. The van der Waals surface area contributed by atoms with Gasteiger partial charge in [-0.1, -0.05) is 36.4 Å². The van der Waals surface area contributed by atoms with E-state index in [1.807, 2.05) is 32.0 Å². The van der Waals surface area contributed by atoms with Crippen LogP contribution < -0.4 is 0 Å². The lowest BCUT2D eigenvalue weighted by atomic mass is 9.89. The van der Waals surface area contributed by atoms with Gasteiger partial charge in [0.1, 0.15) is 18.5 Å². The number of aliphatic hydroxyl groups is 2. The zero-order valence-corrected chi connectivity index (χ0v) is 20.9. The third-order valence-electron chi connectivity index (χ3n) is 6.46. The van der Waals surface area contributed by atoms with E-state index in [0.29, 0.717) is 5.56 Å². The summed E-state index contributed by atoms with van der Waals surface area (Å²) in [6.45, 7) is 4.52. The molecule has 0 heterocycles. The highest BCUT2D eigenvalue weighted by atomic mass is 19.1. The predicted molar refractivity (Wildman–Crippen MR) is 128 cm³/mol. The Balaban J connectivity index is 2.57. The summed E-state index contributed by atoms with van der Waals surface area (Å²) in [6, 6.07) is 11.7. The van der Waals surface area contributed by atoms with Gasteiger partial charge in [0.25, 0.3) is 12.5 Å². The molecule has 0 aliphatic rings. The third kappa shape index (κ3) is 6.86. The van der Waals surface area contributed by atoms with Crippen LogP contribution in [0.1, 0.15) is 35.1 Å². The highest BCUT2D eigenvalue weighted by Gasteiger charge is 2.52. The molecule has 0 amide bonds. The molecular weight excluding hydrogens is 473 g/mol. The molecule has 2 rings (SSSR count). The van der Waals surface area contributed by atoms with E-state index >= 15 is 0 Å². The predicted octanol–water partition coefficient (Wildman–Crippen LogP) is 2.40. The van der Waals surface area contributed by atoms with Gasteiger partial charge in [0.2, 0.25) is 0 Å². The van der Waals surface area contributed by atoms with Gasteiger partial charge in [0, 0.05) is 12.7 Å². The number of benzene rings is 2. The first-order chi connectivity index (χ1) is 16.9. The molecule has 10 heteroatoms. The van der Waals surface area contributed by atoms with Crippen LogP contribution in [0, 0.1) is 19.7 Å². The SMILES string of the molecule is CO[C@H](C)C[N+](CC(COCc1ccccc1F)c1c(C)cccc1C)(C(O)C(=O)O)C(O)C(=O)O. The Bertz CT molecular complexity index is 1010. The number of halogens is 1. The minimum atomic E-state index is -2.27. The molecule has 2 aromatic rings. The van der Waals surface area contributed by atoms with Crippen molar-refractivity contribution in [3.63, 3.8) is 0 Å². The number of aryl methyl sites for hydroxylation is 2. The quantitative estimate of drug-likeness (QED) is 0.226. The topological polar surface area (TPSA) is 134 Å². The number of rotatable bonds is 14. The van der Waals surface area contributed by atoms with Crippen LogP contribution >= 0.6 is 0 Å². The number of quaternary nitrogens is 1. The number of carbonyl (C=O) groups is 2. The molecule has 3 unspecified atom stereocenters. The average Bonchev–Trinajstić information content (AvgIpc) is 2.83. The highest BCUT2D eigenvalue weighted by Crippen LogP contribution is 2.31. The van der Waals surface area contributed by atoms with Crippen LogP contribution in [-0.4, -0.2) is 82.2 Å². The number of hydrogen-bond donors (Lipinski definition) is 4. The van der Waals surface area contributed by atoms with Crippen molar-refractivity contribution in [2.24, 2.45) is 0 Å². The van der Waals surface area contributed by atoms with Crippen molar-refractivity contribution >= 4 is 11.9 Å². The van der Waals surface area contributed by atoms with Crippen LogP contribution in [0.5, 0.6) is 0 Å². The van der Waals surface area contributed by atoms with E-state index in [2.05, 4.69) is 0 Å². The van der Waals surface area contributed by atoms with Gasteiger partial charge in [-0.25, -0.2) is 14.0 Å². The van der Waals surface area contributed by atoms with Gasteiger partial charge in [-0.05, 0) is 43.5 Å². The molecule has 9 nitrogen and oxygen atoms in total. The maximum atomic E-state index is 14.1. The van der Waals surface area contributed by atoms with Crippen LogP contribution in [0.4, 0.5) is 4.39 Å². The first-order valence-corrected chi connectivity index (χ1v) is 11.5. The summed E-state index contributed by atoms with van der Waals surface area (Å²) in [6.07, 6.45) is -5.25. The molecule has 0 saturated heterocycles. The second kappa shape index (κ2) is 12.9. The first kappa shape index (κ1) is 29.3. The molecule has 0 spiro atoms. The summed E-state index contributed by atoms with van der Waals surface area (Å²) in [5.74, 6) is -4.48. The number of aliphatic hydroxyl groups excluding tert-OH is 2. The molecule has 0 saturated carbocycles. The fourth-order valence-electron chi connectivity index (χ4n) is 4.64. The van der Waals surface area contributed by atoms with Gasteiger partial charge in [-0.15, -0.1) is 0 Å². The molecule has 36 heavy (non-hydrogen) atoms. The summed E-state index contributed by atoms with van der Waals surface area (Å²) in [7, 11) is 1.36. The van der Waals surface area contributed by atoms with Gasteiger partial charge in [-0.3, -0.25) is 4.48 Å². The van der Waals surface area contributed by atoms with E-state index in [0.717, 1.165) is 16.7 Å². The molecule has 0 aliphatic carbocycles. The summed E-state index contributed by atoms with van der Waals surface area (Å²) < 4.78 is 24.1. The van der Waals surface area contributed by atoms with E-state index in [1.165, 1.54) is 13.2 Å². The van der Waals surface area contributed by atoms with E-state index in [4.69, 9.17) is 9.47 Å². The number of ether oxygens (including phenoxy) is 2. The minimum Gasteiger partial charge on any atom is -0.475 e. The Kier molecular flexibility index (Phi) is 10.5. The summed E-state index contributed by atoms with van der Waals surface area (Å²) in [5, 5.41) is 41.0. The molecule has 0 aliphatic heterocycles. The Morgan fingerprint density at radius 1 is 0.944 bits per heavy atom. The van der Waals surface area contributed by atoms with E-state index in [9.17, 15) is 34.4 Å². The Labute approximate surface area is 209 Å². The second-order valence-corrected chi connectivity index (χ2v) is 9.05. The lowest BCUT2D eigenvalue weighted by Crippen LogP contribution is -2.69. The molecule has 0 fully saturated rings. The van der Waals surface area contributed by atoms with Crippen LogP contribution in [-0.2, 0) is 25.7 Å². The largest absolute Gasteiger partial charge is 0.475 e. The smallest absolute Gasteiger partial charge is 0.392 e. The van der Waals surface area contributed by atoms with Crippen molar-refractivity contribution in [2.75, 3.05) is 26.8 Å². The Morgan fingerprint density at radius 2 is 1.50 bits per heavy atom. The number of carboxylic acids is 2. The van der Waals surface area contributed by atoms with Gasteiger partial charge in [0.15, 0.2) is 0 Å². The maximum Gasteiger partial charge on any atom is 0.392 e. The molecule has 0 aromatic heterocycles. The molecule has 2 aromatic carbocycles. The lowest BCUT2D eigenvalue weighted by Gasteiger charge is -2.45. The molecule has 4 N–H and O–H groups in total. The fraction of sp³-hybridized carbons (Fsp3) is 0.462. The van der Waals surface area contributed by atoms with Gasteiger partial charge in [0.05, 0.1) is 25.7 Å². The third-order valence-corrected chi connectivity index (χ3v) is 6.46. The van der Waals surface area contributed by atoms with Gasteiger partial charge < -0.3 is 29.9 Å². The number of nitrogens with zero attached hydrogens (tertiary/aromatic N) is 1. The summed E-state index contributed by atoms with van der Waals surface area (Å²) in [4.78, 5) is 23.9. The van der Waals surface area contributed by atoms with Crippen molar-refractivity contribution in [2.45, 2.75) is 51.9 Å². The number of aliphatic carboxylic acids is 2. The second-order valence-electron chi connectivity index (χ2n) is 9.05. The maximum absolute atomic E-state index is 14.1. The molecule has 0 radical (unpaired) electrons. The van der Waals surface area contributed by atoms with Crippen molar-refractivity contribution in [3.8, 4) is 0 Å². The normalized spacial score (nSPS) is 16.5. The summed E-state index contributed by atoms with van der Waals surface area (Å²) in [5.41, 5.74) is 2.75. The molecule has 4 atom stereocenters. The van der Waals surface area contributed by atoms with Gasteiger partial charge in [-0.2, -0.15) is 0 Å². The van der Waals surface area contributed by atoms with Crippen molar-refractivity contribution < 1.29 is 48.4 Å². The zero-order valence-electron chi connectivity index (χ0n) is 20.9. The van der Waals surface area contributed by atoms with Crippen LogP contribution in [0.2, 0.25) is 0 Å². The monoisotopic (exact) mass is 508 g/mol. The van der Waals surface area contributed by atoms with Crippen molar-refractivity contribution in [1.82, 2.24) is 0 Å². The Morgan fingerprint density at radius 3 is 2.00 bits per heavy atom. The highest BCUT2D eigenvalue weighted by molar-refractivity contribution is 5.73. The molecular formula is C26H35FNO8+. The standard InChI is InChI=1S/C26H34FNO8/c1-16-8-7-9-17(2)22(16)20(15-36-14-19-10-5-6-11-21(19)27)13-28(12-18(3)35-4,23(29)25(31)32)24(30)26(33)34/h5-11,18,20,23-24,29-30H,12-15H2,1-4H3,(H-,31,32,33,34)/p+1/t18-,20?,23?,24?,28?/m1/s1.